The summed E-state index contributed by atoms with van der Waals surface area (Å²) in [5.74, 6) is 0.824. The van der Waals surface area contributed by atoms with Crippen molar-refractivity contribution in [2.45, 2.75) is 20.8 Å². The summed E-state index contributed by atoms with van der Waals surface area (Å²) in [6.07, 6.45) is 0. The van der Waals surface area contributed by atoms with Gasteiger partial charge >= 0.3 is 0 Å². The van der Waals surface area contributed by atoms with E-state index in [0.29, 0.717) is 0 Å². The number of para-hydroxylation sites is 5. The van der Waals surface area contributed by atoms with Crippen molar-refractivity contribution in [3.8, 4) is 22.5 Å². The lowest BCUT2D eigenvalue weighted by atomic mass is 9.35. The lowest BCUT2D eigenvalue weighted by Crippen LogP contribution is -2.61. The average molecular weight is 862 g/mol. The van der Waals surface area contributed by atoms with Gasteiger partial charge in [0.2, 0.25) is 0 Å². The molecule has 9 aromatic carbocycles. The zero-order chi connectivity index (χ0) is 44.8. The Morgan fingerprint density at radius 1 is 0.433 bits per heavy atom. The molecule has 4 heterocycles. The summed E-state index contributed by atoms with van der Waals surface area (Å²) in [7, 11) is 0. The zero-order valence-corrected chi connectivity index (χ0v) is 37.4. The number of furan rings is 2. The SMILES string of the molecule is Cc1cc2c3c(c1)N(c1cc(-c4ccccc4)cc(-c4cc5ccccc5o4)c1)c1c(oc4ccccc14)B3c1ccc(N(c3ccccc3)c3ccccc3)cc1N2c1c(C)cccc1C. The number of hydrogen-bond donors (Lipinski definition) is 0. The molecule has 2 aromatic heterocycles. The summed E-state index contributed by atoms with van der Waals surface area (Å²) in [6, 6.07) is 76.2. The fourth-order valence-electron chi connectivity index (χ4n) is 10.8. The highest BCUT2D eigenvalue weighted by molar-refractivity contribution is 7.00. The molecule has 2 aliphatic heterocycles. The van der Waals surface area contributed by atoms with E-state index >= 15 is 0 Å². The molecule has 0 amide bonds. The van der Waals surface area contributed by atoms with Gasteiger partial charge in [-0.05, 0) is 151 Å². The summed E-state index contributed by atoms with van der Waals surface area (Å²) < 4.78 is 13.9. The molecule has 6 heteroatoms. The second kappa shape index (κ2) is 15.3. The lowest BCUT2D eigenvalue weighted by Gasteiger charge is -2.43. The van der Waals surface area contributed by atoms with Crippen LogP contribution < -0.4 is 31.3 Å². The summed E-state index contributed by atoms with van der Waals surface area (Å²) in [5.41, 5.74) is 21.7. The molecule has 2 aliphatic rings. The van der Waals surface area contributed by atoms with Crippen LogP contribution in [0.5, 0.6) is 0 Å². The fourth-order valence-corrected chi connectivity index (χ4v) is 10.8. The Bertz CT molecular complexity index is 3620. The molecule has 0 aliphatic carbocycles. The molecule has 67 heavy (non-hydrogen) atoms. The molecule has 0 spiro atoms. The minimum Gasteiger partial charge on any atom is -0.468 e. The van der Waals surface area contributed by atoms with E-state index in [0.717, 1.165) is 101 Å². The van der Waals surface area contributed by atoms with Gasteiger partial charge in [-0.1, -0.05) is 121 Å². The van der Waals surface area contributed by atoms with Gasteiger partial charge in [0, 0.05) is 56.1 Å². The van der Waals surface area contributed by atoms with Crippen molar-refractivity contribution >= 4 is 96.4 Å². The first-order chi connectivity index (χ1) is 33.0. The van der Waals surface area contributed by atoms with Crippen molar-refractivity contribution in [3.63, 3.8) is 0 Å². The molecule has 5 nitrogen and oxygen atoms in total. The fraction of sp³-hybridized carbons (Fsp3) is 0.0492. The Hall–Kier alpha value is -8.48. The minimum absolute atomic E-state index is 0.206. The number of aryl methyl sites for hydroxylation is 3. The maximum absolute atomic E-state index is 7.26. The van der Waals surface area contributed by atoms with E-state index < -0.39 is 0 Å². The highest BCUT2D eigenvalue weighted by Gasteiger charge is 2.47. The number of benzene rings is 9. The maximum atomic E-state index is 7.26. The van der Waals surface area contributed by atoms with E-state index in [1.54, 1.807) is 0 Å². The third-order valence-corrected chi connectivity index (χ3v) is 13.6. The molecule has 13 rings (SSSR count). The Balaban J connectivity index is 1.11. The van der Waals surface area contributed by atoms with Gasteiger partial charge in [-0.25, -0.2) is 0 Å². The standard InChI is InChI=1S/C61H44BN3O2/c1-39-32-53-58-54(33-39)65(59-40(2)18-17-19-41(59)3)52-38-48(63(46-23-9-5-10-24-46)47-25-11-6-12-26-47)30-31-51(52)62(58)61-60(50-27-14-16-29-56(50)67-61)64(53)49-35-44(42-20-7-4-8-21-42)34-45(36-49)57-37-43-22-13-15-28-55(43)66-57/h4-38H,1-3H3. The van der Waals surface area contributed by atoms with E-state index in [1.165, 1.54) is 27.7 Å². The normalized spacial score (nSPS) is 12.6. The predicted molar refractivity (Wildman–Crippen MR) is 280 cm³/mol. The summed E-state index contributed by atoms with van der Waals surface area (Å²) in [4.78, 5) is 7.36. The molecule has 0 fully saturated rings. The first kappa shape index (κ1) is 38.9. The van der Waals surface area contributed by atoms with Crippen molar-refractivity contribution in [1.82, 2.24) is 0 Å². The van der Waals surface area contributed by atoms with Crippen LogP contribution in [-0.2, 0) is 0 Å². The van der Waals surface area contributed by atoms with Gasteiger partial charge in [0.05, 0.1) is 17.0 Å². The Morgan fingerprint density at radius 2 is 1.06 bits per heavy atom. The number of rotatable bonds is 7. The average Bonchev–Trinajstić information content (AvgIpc) is 3.98. The second-order valence-corrected chi connectivity index (χ2v) is 17.9. The number of nitrogens with zero attached hydrogens (tertiary/aromatic N) is 3. The summed E-state index contributed by atoms with van der Waals surface area (Å²) in [5, 5.41) is 2.14. The molecule has 0 saturated carbocycles. The van der Waals surface area contributed by atoms with E-state index in [-0.39, 0.29) is 6.71 Å². The van der Waals surface area contributed by atoms with Crippen LogP contribution >= 0.6 is 0 Å². The number of anilines is 9. The van der Waals surface area contributed by atoms with Crippen molar-refractivity contribution in [3.05, 3.63) is 229 Å². The predicted octanol–water partition coefficient (Wildman–Crippen LogP) is 15.0. The van der Waals surface area contributed by atoms with Crippen LogP contribution in [0.1, 0.15) is 16.7 Å². The topological polar surface area (TPSA) is 36.0 Å². The van der Waals surface area contributed by atoms with Crippen LogP contribution in [-0.4, -0.2) is 6.71 Å². The molecule has 11 aromatic rings. The van der Waals surface area contributed by atoms with Crippen LogP contribution in [0.3, 0.4) is 0 Å². The van der Waals surface area contributed by atoms with Crippen LogP contribution in [0.15, 0.2) is 221 Å². The molecule has 0 bridgehead atoms. The van der Waals surface area contributed by atoms with Gasteiger partial charge < -0.3 is 23.5 Å². The lowest BCUT2D eigenvalue weighted by molar-refractivity contribution is 0.631. The third-order valence-electron chi connectivity index (χ3n) is 13.6. The molecule has 0 saturated heterocycles. The van der Waals surface area contributed by atoms with Crippen LogP contribution in [0, 0.1) is 20.8 Å². The zero-order valence-electron chi connectivity index (χ0n) is 37.4. The number of fused-ring (bicyclic) bond motifs is 7. The second-order valence-electron chi connectivity index (χ2n) is 17.9. The molecular weight excluding hydrogens is 818 g/mol. The van der Waals surface area contributed by atoms with Gasteiger partial charge in [0.15, 0.2) is 0 Å². The Morgan fingerprint density at radius 3 is 1.78 bits per heavy atom. The highest BCUT2D eigenvalue weighted by Crippen LogP contribution is 2.50. The first-order valence-corrected chi connectivity index (χ1v) is 23.0. The van der Waals surface area contributed by atoms with Crippen LogP contribution in [0.25, 0.3) is 44.4 Å². The van der Waals surface area contributed by atoms with Crippen molar-refractivity contribution in [1.29, 1.82) is 0 Å². The van der Waals surface area contributed by atoms with Crippen LogP contribution in [0.2, 0.25) is 0 Å². The van der Waals surface area contributed by atoms with Crippen molar-refractivity contribution in [2.24, 2.45) is 0 Å². The van der Waals surface area contributed by atoms with Gasteiger partial charge in [0.1, 0.15) is 16.9 Å². The van der Waals surface area contributed by atoms with Gasteiger partial charge in [0.25, 0.3) is 6.71 Å². The molecule has 318 valence electrons. The minimum atomic E-state index is -0.206. The van der Waals surface area contributed by atoms with E-state index in [2.05, 4.69) is 236 Å². The molecular formula is C61H44BN3O2. The maximum Gasteiger partial charge on any atom is 0.297 e. The van der Waals surface area contributed by atoms with Crippen molar-refractivity contribution < 1.29 is 8.83 Å². The highest BCUT2D eigenvalue weighted by atomic mass is 16.3. The monoisotopic (exact) mass is 861 g/mol. The van der Waals surface area contributed by atoms with Crippen LogP contribution in [0.4, 0.5) is 51.2 Å². The molecule has 0 N–H and O–H groups in total. The van der Waals surface area contributed by atoms with E-state index in [4.69, 9.17) is 8.83 Å². The van der Waals surface area contributed by atoms with E-state index in [1.807, 2.05) is 12.1 Å². The largest absolute Gasteiger partial charge is 0.468 e. The summed E-state index contributed by atoms with van der Waals surface area (Å²) >= 11 is 0. The van der Waals surface area contributed by atoms with Gasteiger partial charge in [-0.2, -0.15) is 0 Å². The number of hydrogen-bond acceptors (Lipinski definition) is 5. The Labute approximate surface area is 390 Å². The smallest absolute Gasteiger partial charge is 0.297 e. The molecule has 0 unspecified atom stereocenters. The van der Waals surface area contributed by atoms with Gasteiger partial charge in [-0.3, -0.25) is 0 Å². The molecule has 0 radical (unpaired) electrons. The van der Waals surface area contributed by atoms with Gasteiger partial charge in [-0.15, -0.1) is 0 Å². The quantitative estimate of drug-likeness (QED) is 0.149. The third kappa shape index (κ3) is 6.24. The Kier molecular flexibility index (Phi) is 8.90. The van der Waals surface area contributed by atoms with E-state index in [9.17, 15) is 0 Å². The molecule has 0 atom stereocenters. The summed E-state index contributed by atoms with van der Waals surface area (Å²) in [6.45, 7) is 6.49. The van der Waals surface area contributed by atoms with Crippen molar-refractivity contribution in [2.75, 3.05) is 14.7 Å². The first-order valence-electron chi connectivity index (χ1n) is 23.0.